The Hall–Kier alpha value is -2.54. The Balaban J connectivity index is 0.00000256. The number of piperidine rings is 1. The van der Waals surface area contributed by atoms with E-state index >= 15 is 0 Å². The van der Waals surface area contributed by atoms with E-state index in [0.717, 1.165) is 54.9 Å². The second-order valence-electron chi connectivity index (χ2n) is 7.77. The molecule has 0 amide bonds. The molecule has 160 valence electrons. The van der Waals surface area contributed by atoms with E-state index in [9.17, 15) is 9.50 Å². The molecule has 3 aromatic rings. The molecular weight excluding hydrogens is 379 g/mol. The van der Waals surface area contributed by atoms with Crippen LogP contribution in [0.2, 0.25) is 0 Å². The summed E-state index contributed by atoms with van der Waals surface area (Å²) in [5, 5.41) is 9.18. The quantitative estimate of drug-likeness (QED) is 0.574. The van der Waals surface area contributed by atoms with Crippen molar-refractivity contribution in [2.45, 2.75) is 32.2 Å². The summed E-state index contributed by atoms with van der Waals surface area (Å²) >= 11 is 0. The van der Waals surface area contributed by atoms with Crippen LogP contribution in [-0.4, -0.2) is 52.3 Å². The third kappa shape index (κ3) is 4.95. The number of hydrogen-bond acceptors (Lipinski definition) is 4. The van der Waals surface area contributed by atoms with Crippen molar-refractivity contribution in [2.24, 2.45) is 5.73 Å². The summed E-state index contributed by atoms with van der Waals surface area (Å²) in [6.07, 6.45) is 5.66. The van der Waals surface area contributed by atoms with Crippen LogP contribution in [0.5, 0.6) is 0 Å². The molecule has 30 heavy (non-hydrogen) atoms. The first-order chi connectivity index (χ1) is 14.1. The Morgan fingerprint density at radius 3 is 2.40 bits per heavy atom. The van der Waals surface area contributed by atoms with E-state index in [1.807, 2.05) is 24.3 Å². The predicted molar refractivity (Wildman–Crippen MR) is 120 cm³/mol. The molecule has 1 saturated heterocycles. The number of nitrogens with two attached hydrogens (primary N) is 1. The minimum absolute atomic E-state index is 0. The van der Waals surface area contributed by atoms with Gasteiger partial charge in [0.25, 0.3) is 0 Å². The molecule has 1 atom stereocenters. The molecule has 4 N–H and O–H groups in total. The lowest BCUT2D eigenvalue weighted by Gasteiger charge is -2.32. The number of benzene rings is 1. The second kappa shape index (κ2) is 9.98. The van der Waals surface area contributed by atoms with E-state index in [1.165, 1.54) is 17.8 Å². The lowest BCUT2D eigenvalue weighted by atomic mass is 9.92. The Morgan fingerprint density at radius 1 is 1.10 bits per heavy atom. The van der Waals surface area contributed by atoms with Crippen molar-refractivity contribution in [3.63, 3.8) is 0 Å². The molecule has 1 aliphatic rings. The van der Waals surface area contributed by atoms with Crippen molar-refractivity contribution in [1.29, 1.82) is 0 Å². The minimum Gasteiger partial charge on any atom is -0.395 e. The van der Waals surface area contributed by atoms with E-state index in [-0.39, 0.29) is 25.9 Å². The molecule has 2 aromatic heterocycles. The highest BCUT2D eigenvalue weighted by atomic mass is 19.1. The lowest BCUT2D eigenvalue weighted by Crippen LogP contribution is -2.43. The average molecular weight is 411 g/mol. The maximum atomic E-state index is 13.4. The first-order valence-corrected chi connectivity index (χ1v) is 10.1. The van der Waals surface area contributed by atoms with Gasteiger partial charge in [0.1, 0.15) is 5.82 Å². The first kappa shape index (κ1) is 22.2. The van der Waals surface area contributed by atoms with Gasteiger partial charge < -0.3 is 20.7 Å². The molecule has 0 saturated carbocycles. The van der Waals surface area contributed by atoms with Crippen LogP contribution in [0.15, 0.2) is 54.9 Å². The summed E-state index contributed by atoms with van der Waals surface area (Å²) in [5.74, 6) is 0.200. The zero-order valence-corrected chi connectivity index (χ0v) is 16.4. The molecule has 1 fully saturated rings. The highest BCUT2D eigenvalue weighted by molar-refractivity contribution is 5.82. The van der Waals surface area contributed by atoms with Crippen LogP contribution in [0.25, 0.3) is 22.4 Å². The number of nitrogens with zero attached hydrogens (tertiary/aromatic N) is 2. The number of hydrogen-bond donors (Lipinski definition) is 3. The van der Waals surface area contributed by atoms with Crippen LogP contribution < -0.4 is 5.73 Å². The number of aromatic nitrogens is 2. The van der Waals surface area contributed by atoms with Crippen LogP contribution in [0.4, 0.5) is 4.39 Å². The Kier molecular flexibility index (Phi) is 7.37. The first-order valence-electron chi connectivity index (χ1n) is 10.1. The highest BCUT2D eigenvalue weighted by Crippen LogP contribution is 2.37. The summed E-state index contributed by atoms with van der Waals surface area (Å²) < 4.78 is 13.4. The fraction of sp³-hybridized carbons (Fsp3) is 0.375. The summed E-state index contributed by atoms with van der Waals surface area (Å²) in [4.78, 5) is 10.1. The summed E-state index contributed by atoms with van der Waals surface area (Å²) in [5.41, 5.74) is 11.3. The van der Waals surface area contributed by atoms with Gasteiger partial charge in [0.05, 0.1) is 12.3 Å². The van der Waals surface area contributed by atoms with Gasteiger partial charge in [-0.1, -0.05) is 7.43 Å². The maximum absolute atomic E-state index is 13.4. The lowest BCUT2D eigenvalue weighted by molar-refractivity contribution is 0.170. The maximum Gasteiger partial charge on any atom is 0.123 e. The molecule has 1 aromatic carbocycles. The topological polar surface area (TPSA) is 78.2 Å². The molecule has 3 heterocycles. The van der Waals surface area contributed by atoms with Gasteiger partial charge in [0.2, 0.25) is 0 Å². The van der Waals surface area contributed by atoms with Crippen LogP contribution in [0.1, 0.15) is 31.9 Å². The fourth-order valence-electron chi connectivity index (χ4n) is 4.11. The smallest absolute Gasteiger partial charge is 0.123 e. The minimum atomic E-state index is -0.237. The van der Waals surface area contributed by atoms with E-state index < -0.39 is 0 Å². The summed E-state index contributed by atoms with van der Waals surface area (Å²) in [7, 11) is 0. The summed E-state index contributed by atoms with van der Waals surface area (Å²) in [6.45, 7) is 2.69. The van der Waals surface area contributed by atoms with Crippen molar-refractivity contribution in [3.05, 3.63) is 66.4 Å². The van der Waals surface area contributed by atoms with Gasteiger partial charge in [0, 0.05) is 42.2 Å². The molecular formula is C24H31FN4O. The Morgan fingerprint density at radius 2 is 1.77 bits per heavy atom. The largest absolute Gasteiger partial charge is 0.395 e. The van der Waals surface area contributed by atoms with Crippen LogP contribution in [0, 0.1) is 5.82 Å². The standard InChI is InChI=1S/C23H27FN4O.CH4/c24-19-3-1-18(2-4-19)23-21(16-5-9-26-10-6-16)13-22(27-23)17-7-11-28(12-8-17)14-20(25)15-29;/h1-6,9-10,13,17,20,27,29H,7-8,11-12,14-15,25H2;1H4/t20-;/m1./s1. The third-order valence-electron chi connectivity index (χ3n) is 5.72. The van der Waals surface area contributed by atoms with Gasteiger partial charge in [-0.2, -0.15) is 0 Å². The third-order valence-corrected chi connectivity index (χ3v) is 5.72. The van der Waals surface area contributed by atoms with Crippen LogP contribution in [-0.2, 0) is 0 Å². The normalized spacial score (nSPS) is 16.2. The fourth-order valence-corrected chi connectivity index (χ4v) is 4.11. The van der Waals surface area contributed by atoms with Gasteiger partial charge in [-0.3, -0.25) is 4.98 Å². The SMILES string of the molecule is C.N[C@@H](CO)CN1CCC(c2cc(-c3ccncc3)c(-c3ccc(F)cc3)[nH]2)CC1. The molecule has 0 radical (unpaired) electrons. The number of pyridine rings is 1. The zero-order chi connectivity index (χ0) is 20.2. The Labute approximate surface area is 177 Å². The van der Waals surface area contributed by atoms with E-state index in [2.05, 4.69) is 20.9 Å². The van der Waals surface area contributed by atoms with E-state index in [1.54, 1.807) is 12.4 Å². The van der Waals surface area contributed by atoms with Crippen molar-refractivity contribution < 1.29 is 9.50 Å². The van der Waals surface area contributed by atoms with E-state index in [4.69, 9.17) is 5.73 Å². The van der Waals surface area contributed by atoms with Crippen LogP contribution >= 0.6 is 0 Å². The van der Waals surface area contributed by atoms with Gasteiger partial charge in [-0.15, -0.1) is 0 Å². The van der Waals surface area contributed by atoms with E-state index in [0.29, 0.717) is 5.92 Å². The molecule has 1 aliphatic heterocycles. The number of nitrogens with one attached hydrogen (secondary N) is 1. The summed E-state index contributed by atoms with van der Waals surface area (Å²) in [6, 6.07) is 12.7. The molecule has 6 heteroatoms. The number of halogens is 1. The number of likely N-dealkylation sites (tertiary alicyclic amines) is 1. The average Bonchev–Trinajstić information content (AvgIpc) is 3.21. The number of aromatic amines is 1. The van der Waals surface area contributed by atoms with Gasteiger partial charge in [-0.25, -0.2) is 4.39 Å². The molecule has 0 aliphatic carbocycles. The molecule has 0 bridgehead atoms. The van der Waals surface area contributed by atoms with Gasteiger partial charge >= 0.3 is 0 Å². The van der Waals surface area contributed by atoms with Gasteiger partial charge in [0.15, 0.2) is 0 Å². The number of aliphatic hydroxyl groups is 1. The monoisotopic (exact) mass is 410 g/mol. The molecule has 5 nitrogen and oxygen atoms in total. The van der Waals surface area contributed by atoms with Crippen LogP contribution in [0.3, 0.4) is 0 Å². The number of rotatable bonds is 6. The van der Waals surface area contributed by atoms with Crippen molar-refractivity contribution in [1.82, 2.24) is 14.9 Å². The Bertz CT molecular complexity index is 918. The molecule has 0 spiro atoms. The predicted octanol–water partition coefficient (Wildman–Crippen LogP) is 4.02. The second-order valence-corrected chi connectivity index (χ2v) is 7.77. The zero-order valence-electron chi connectivity index (χ0n) is 16.4. The number of aliphatic hydroxyl groups excluding tert-OH is 1. The highest BCUT2D eigenvalue weighted by Gasteiger charge is 2.24. The van der Waals surface area contributed by atoms with Crippen molar-refractivity contribution >= 4 is 0 Å². The molecule has 4 rings (SSSR count). The van der Waals surface area contributed by atoms with Crippen molar-refractivity contribution in [3.8, 4) is 22.4 Å². The molecule has 0 unspecified atom stereocenters. The number of H-pyrrole nitrogens is 1. The van der Waals surface area contributed by atoms with Gasteiger partial charge in [-0.05, 0) is 79.5 Å². The van der Waals surface area contributed by atoms with Crippen molar-refractivity contribution in [2.75, 3.05) is 26.2 Å².